The predicted octanol–water partition coefficient (Wildman–Crippen LogP) is 1.49. The number of imidazole rings is 1. The molecule has 0 aliphatic carbocycles. The Bertz CT molecular complexity index is 722. The molecule has 1 amide bonds. The van der Waals surface area contributed by atoms with Crippen molar-refractivity contribution in [2.75, 3.05) is 6.61 Å². The number of carbonyl (C=O) groups excluding carboxylic acids is 1. The Kier molecular flexibility index (Phi) is 2.97. The standard InChI is InChI=1S/C16H20N4O2/c1-2-16(10-21)8-11-5-6-13(16)19(11)15(22)12-9-17-14-4-3-7-18-20(12)14/h3-4,7,9,11,13,21H,2,5-6,8,10H2,1H3/t11-,13+,16-/m1/s1. The Balaban J connectivity index is 1.72. The van der Waals surface area contributed by atoms with Gasteiger partial charge in [0, 0.05) is 23.7 Å². The first-order chi connectivity index (χ1) is 10.7. The number of nitrogens with zero attached hydrogens (tertiary/aromatic N) is 4. The van der Waals surface area contributed by atoms with E-state index in [4.69, 9.17) is 0 Å². The van der Waals surface area contributed by atoms with Crippen LogP contribution in [0.25, 0.3) is 5.65 Å². The van der Waals surface area contributed by atoms with Crippen molar-refractivity contribution in [1.29, 1.82) is 0 Å². The second-order valence-corrected chi connectivity index (χ2v) is 6.47. The first-order valence-electron chi connectivity index (χ1n) is 7.92. The highest BCUT2D eigenvalue weighted by Crippen LogP contribution is 2.51. The molecule has 2 aliphatic heterocycles. The lowest BCUT2D eigenvalue weighted by molar-refractivity contribution is 0.0551. The Morgan fingerprint density at radius 2 is 2.36 bits per heavy atom. The molecule has 2 bridgehead atoms. The number of aliphatic hydroxyl groups excluding tert-OH is 1. The molecule has 0 saturated carbocycles. The molecular weight excluding hydrogens is 280 g/mol. The summed E-state index contributed by atoms with van der Waals surface area (Å²) in [6.45, 7) is 2.26. The Labute approximate surface area is 128 Å². The van der Waals surface area contributed by atoms with E-state index in [1.54, 1.807) is 16.9 Å². The molecule has 2 aromatic heterocycles. The second-order valence-electron chi connectivity index (χ2n) is 6.47. The van der Waals surface area contributed by atoms with E-state index < -0.39 is 0 Å². The van der Waals surface area contributed by atoms with E-state index in [-0.39, 0.29) is 30.0 Å². The third kappa shape index (κ3) is 1.67. The minimum atomic E-state index is -0.132. The summed E-state index contributed by atoms with van der Waals surface area (Å²) in [5.41, 5.74) is 1.06. The molecule has 4 heterocycles. The number of fused-ring (bicyclic) bond motifs is 3. The third-order valence-corrected chi connectivity index (χ3v) is 5.60. The maximum absolute atomic E-state index is 13.0. The van der Waals surface area contributed by atoms with Crippen LogP contribution in [0.3, 0.4) is 0 Å². The number of carbonyl (C=O) groups is 1. The molecule has 4 rings (SSSR count). The zero-order valence-corrected chi connectivity index (χ0v) is 12.6. The maximum Gasteiger partial charge on any atom is 0.274 e. The van der Waals surface area contributed by atoms with Crippen molar-refractivity contribution in [3.05, 3.63) is 30.2 Å². The Hall–Kier alpha value is -1.95. The Morgan fingerprint density at radius 3 is 3.09 bits per heavy atom. The zero-order valence-electron chi connectivity index (χ0n) is 12.6. The minimum Gasteiger partial charge on any atom is -0.396 e. The Morgan fingerprint density at radius 1 is 1.50 bits per heavy atom. The summed E-state index contributed by atoms with van der Waals surface area (Å²) in [5, 5.41) is 14.1. The summed E-state index contributed by atoms with van der Waals surface area (Å²) in [5.74, 6) is -0.0116. The summed E-state index contributed by atoms with van der Waals surface area (Å²) < 4.78 is 1.60. The van der Waals surface area contributed by atoms with Gasteiger partial charge in [0.1, 0.15) is 0 Å². The van der Waals surface area contributed by atoms with Gasteiger partial charge in [0.25, 0.3) is 5.91 Å². The van der Waals surface area contributed by atoms with E-state index >= 15 is 0 Å². The van der Waals surface area contributed by atoms with E-state index in [0.29, 0.717) is 11.3 Å². The highest BCUT2D eigenvalue weighted by Gasteiger charge is 2.56. The van der Waals surface area contributed by atoms with Crippen molar-refractivity contribution in [3.8, 4) is 0 Å². The van der Waals surface area contributed by atoms with Crippen LogP contribution in [0.5, 0.6) is 0 Å². The van der Waals surface area contributed by atoms with Crippen molar-refractivity contribution in [1.82, 2.24) is 19.5 Å². The molecule has 2 saturated heterocycles. The molecule has 0 aromatic carbocycles. The lowest BCUT2D eigenvalue weighted by atomic mass is 9.72. The second kappa shape index (κ2) is 4.78. The molecular formula is C16H20N4O2. The minimum absolute atomic E-state index is 0.0116. The fraction of sp³-hybridized carbons (Fsp3) is 0.562. The average Bonchev–Trinajstić information content (AvgIpc) is 3.25. The normalized spacial score (nSPS) is 30.4. The topological polar surface area (TPSA) is 70.7 Å². The number of hydrogen-bond donors (Lipinski definition) is 1. The van der Waals surface area contributed by atoms with Crippen LogP contribution in [-0.4, -0.2) is 49.2 Å². The SMILES string of the molecule is CC[C@]1(CO)C[C@H]2CC[C@@H]1N2C(=O)c1cnc2cccnn12. The largest absolute Gasteiger partial charge is 0.396 e. The molecule has 2 aliphatic rings. The van der Waals surface area contributed by atoms with Gasteiger partial charge in [-0.15, -0.1) is 0 Å². The predicted molar refractivity (Wildman–Crippen MR) is 80.4 cm³/mol. The first-order valence-corrected chi connectivity index (χ1v) is 7.92. The number of rotatable bonds is 3. The lowest BCUT2D eigenvalue weighted by Gasteiger charge is -2.34. The van der Waals surface area contributed by atoms with Crippen molar-refractivity contribution in [2.24, 2.45) is 5.41 Å². The highest BCUT2D eigenvalue weighted by molar-refractivity contribution is 5.94. The molecule has 0 radical (unpaired) electrons. The summed E-state index contributed by atoms with van der Waals surface area (Å²) in [7, 11) is 0. The maximum atomic E-state index is 13.0. The quantitative estimate of drug-likeness (QED) is 0.932. The molecule has 6 nitrogen and oxygen atoms in total. The van der Waals surface area contributed by atoms with E-state index in [2.05, 4.69) is 17.0 Å². The van der Waals surface area contributed by atoms with Crippen LogP contribution in [0, 0.1) is 5.41 Å². The van der Waals surface area contributed by atoms with Crippen LogP contribution in [-0.2, 0) is 0 Å². The van der Waals surface area contributed by atoms with Gasteiger partial charge in [0.2, 0.25) is 0 Å². The van der Waals surface area contributed by atoms with E-state index in [9.17, 15) is 9.90 Å². The monoisotopic (exact) mass is 300 g/mol. The molecule has 116 valence electrons. The lowest BCUT2D eigenvalue weighted by Crippen LogP contribution is -2.42. The molecule has 6 heteroatoms. The van der Waals surface area contributed by atoms with Crippen molar-refractivity contribution in [3.63, 3.8) is 0 Å². The van der Waals surface area contributed by atoms with Gasteiger partial charge in [0.05, 0.1) is 12.8 Å². The molecule has 0 unspecified atom stereocenters. The van der Waals surface area contributed by atoms with Crippen LogP contribution in [0.4, 0.5) is 0 Å². The van der Waals surface area contributed by atoms with E-state index in [1.807, 2.05) is 17.0 Å². The number of hydrogen-bond acceptors (Lipinski definition) is 4. The van der Waals surface area contributed by atoms with Crippen molar-refractivity contribution < 1.29 is 9.90 Å². The molecule has 22 heavy (non-hydrogen) atoms. The summed E-state index contributed by atoms with van der Waals surface area (Å²) in [4.78, 5) is 19.3. The van der Waals surface area contributed by atoms with Crippen LogP contribution >= 0.6 is 0 Å². The van der Waals surface area contributed by atoms with Gasteiger partial charge in [0.15, 0.2) is 11.3 Å². The highest BCUT2D eigenvalue weighted by atomic mass is 16.3. The zero-order chi connectivity index (χ0) is 15.3. The third-order valence-electron chi connectivity index (χ3n) is 5.60. The van der Waals surface area contributed by atoms with Crippen molar-refractivity contribution in [2.45, 2.75) is 44.7 Å². The van der Waals surface area contributed by atoms with Gasteiger partial charge in [-0.1, -0.05) is 6.92 Å². The first kappa shape index (κ1) is 13.7. The summed E-state index contributed by atoms with van der Waals surface area (Å²) in [6.07, 6.45) is 7.08. The van der Waals surface area contributed by atoms with E-state index in [0.717, 1.165) is 25.7 Å². The number of aromatic nitrogens is 3. The van der Waals surface area contributed by atoms with Gasteiger partial charge in [-0.2, -0.15) is 5.10 Å². The molecule has 2 aromatic rings. The van der Waals surface area contributed by atoms with E-state index in [1.165, 1.54) is 0 Å². The summed E-state index contributed by atoms with van der Waals surface area (Å²) >= 11 is 0. The van der Waals surface area contributed by atoms with Crippen LogP contribution in [0.15, 0.2) is 24.5 Å². The smallest absolute Gasteiger partial charge is 0.274 e. The fourth-order valence-corrected chi connectivity index (χ4v) is 4.37. The molecule has 0 spiro atoms. The average molecular weight is 300 g/mol. The number of aliphatic hydroxyl groups is 1. The summed E-state index contributed by atoms with van der Waals surface area (Å²) in [6, 6.07) is 4.02. The molecule has 2 fully saturated rings. The number of amides is 1. The van der Waals surface area contributed by atoms with Gasteiger partial charge in [-0.05, 0) is 37.8 Å². The van der Waals surface area contributed by atoms with Crippen LogP contribution in [0.2, 0.25) is 0 Å². The van der Waals surface area contributed by atoms with Crippen LogP contribution in [0.1, 0.15) is 43.1 Å². The van der Waals surface area contributed by atoms with Gasteiger partial charge < -0.3 is 10.0 Å². The fourth-order valence-electron chi connectivity index (χ4n) is 4.37. The van der Waals surface area contributed by atoms with Gasteiger partial charge in [-0.25, -0.2) is 9.50 Å². The van der Waals surface area contributed by atoms with Crippen LogP contribution < -0.4 is 0 Å². The molecule has 3 atom stereocenters. The van der Waals surface area contributed by atoms with Gasteiger partial charge in [-0.3, -0.25) is 4.79 Å². The van der Waals surface area contributed by atoms with Gasteiger partial charge >= 0.3 is 0 Å². The molecule has 1 N–H and O–H groups in total. The van der Waals surface area contributed by atoms with Crippen molar-refractivity contribution >= 4 is 11.6 Å².